The van der Waals surface area contributed by atoms with E-state index in [1.165, 1.54) is 13.0 Å². The van der Waals surface area contributed by atoms with Crippen LogP contribution in [0.5, 0.6) is 0 Å². The molecule has 0 aliphatic rings. The van der Waals surface area contributed by atoms with Crippen molar-refractivity contribution in [1.82, 2.24) is 10.5 Å². The van der Waals surface area contributed by atoms with Crippen LogP contribution in [0.1, 0.15) is 37.0 Å². The third kappa shape index (κ3) is 2.92. The molecule has 1 aromatic rings. The Morgan fingerprint density at radius 1 is 1.44 bits per heavy atom. The maximum atomic E-state index is 11.7. The maximum absolute atomic E-state index is 11.7. The van der Waals surface area contributed by atoms with E-state index in [0.29, 0.717) is 5.76 Å². The number of hydrogen-bond acceptors (Lipinski definition) is 4. The molecule has 0 saturated heterocycles. The van der Waals surface area contributed by atoms with Crippen LogP contribution in [0.25, 0.3) is 0 Å². The highest BCUT2D eigenvalue weighted by atomic mass is 16.5. The molecule has 5 heteroatoms. The summed E-state index contributed by atoms with van der Waals surface area (Å²) in [5.74, 6) is 0.165. The van der Waals surface area contributed by atoms with Crippen molar-refractivity contribution in [3.8, 4) is 0 Å². The molecule has 0 aliphatic heterocycles. The molecule has 1 N–H and O–H groups in total. The summed E-state index contributed by atoms with van der Waals surface area (Å²) < 4.78 is 4.79. The molecule has 0 saturated carbocycles. The number of carbonyl (C=O) groups is 2. The zero-order valence-electron chi connectivity index (χ0n) is 9.90. The summed E-state index contributed by atoms with van der Waals surface area (Å²) in [6.07, 6.45) is 0. The minimum absolute atomic E-state index is 0.0504. The molecular weight excluding hydrogens is 208 g/mol. The van der Waals surface area contributed by atoms with Gasteiger partial charge in [-0.25, -0.2) is 0 Å². The fourth-order valence-electron chi connectivity index (χ4n) is 1.43. The zero-order chi connectivity index (χ0) is 12.3. The summed E-state index contributed by atoms with van der Waals surface area (Å²) in [6.45, 7) is 6.91. The lowest BCUT2D eigenvalue weighted by molar-refractivity contribution is -0.119. The third-order valence-electron chi connectivity index (χ3n) is 2.25. The van der Waals surface area contributed by atoms with Gasteiger partial charge in [-0.15, -0.1) is 0 Å². The number of amides is 1. The maximum Gasteiger partial charge on any atom is 0.274 e. The molecule has 0 aliphatic carbocycles. The number of hydrogen-bond donors (Lipinski definition) is 1. The van der Waals surface area contributed by atoms with E-state index < -0.39 is 6.04 Å². The van der Waals surface area contributed by atoms with E-state index in [4.69, 9.17) is 4.52 Å². The molecule has 0 fully saturated rings. The Morgan fingerprint density at radius 2 is 2.06 bits per heavy atom. The molecule has 0 spiro atoms. The molecule has 0 aromatic carbocycles. The van der Waals surface area contributed by atoms with E-state index in [9.17, 15) is 9.59 Å². The highest BCUT2D eigenvalue weighted by molar-refractivity contribution is 5.96. The van der Waals surface area contributed by atoms with Gasteiger partial charge in [-0.2, -0.15) is 0 Å². The summed E-state index contributed by atoms with van der Waals surface area (Å²) in [6, 6.07) is 1.05. The smallest absolute Gasteiger partial charge is 0.274 e. The van der Waals surface area contributed by atoms with Gasteiger partial charge in [-0.1, -0.05) is 19.0 Å². The van der Waals surface area contributed by atoms with Gasteiger partial charge < -0.3 is 9.84 Å². The SMILES string of the molecule is CC(=O)[C@@H](NC(=O)c1cc(C)on1)C(C)C. The van der Waals surface area contributed by atoms with Crippen molar-refractivity contribution < 1.29 is 14.1 Å². The standard InChI is InChI=1S/C11H16N2O3/c1-6(2)10(8(4)14)12-11(15)9-5-7(3)16-13-9/h5-6,10H,1-4H3,(H,12,15)/t10-/m0/s1. The molecule has 0 unspecified atom stereocenters. The first-order valence-electron chi connectivity index (χ1n) is 5.16. The van der Waals surface area contributed by atoms with Crippen LogP contribution < -0.4 is 5.32 Å². The second-order valence-electron chi connectivity index (χ2n) is 4.13. The summed E-state index contributed by atoms with van der Waals surface area (Å²) in [5.41, 5.74) is 0.199. The van der Waals surface area contributed by atoms with Gasteiger partial charge in [0.25, 0.3) is 5.91 Å². The monoisotopic (exact) mass is 224 g/mol. The highest BCUT2D eigenvalue weighted by Crippen LogP contribution is 2.06. The number of nitrogens with one attached hydrogen (secondary N) is 1. The van der Waals surface area contributed by atoms with Gasteiger partial charge in [0.2, 0.25) is 0 Å². The molecule has 88 valence electrons. The van der Waals surface area contributed by atoms with Crippen molar-refractivity contribution in [3.63, 3.8) is 0 Å². The van der Waals surface area contributed by atoms with Crippen molar-refractivity contribution in [2.75, 3.05) is 0 Å². The van der Waals surface area contributed by atoms with Crippen LogP contribution in [-0.4, -0.2) is 22.9 Å². The van der Waals surface area contributed by atoms with Crippen LogP contribution >= 0.6 is 0 Å². The zero-order valence-corrected chi connectivity index (χ0v) is 9.90. The van der Waals surface area contributed by atoms with Crippen molar-refractivity contribution in [3.05, 3.63) is 17.5 Å². The Balaban J connectivity index is 2.73. The van der Waals surface area contributed by atoms with Gasteiger partial charge in [0.1, 0.15) is 5.76 Å². The number of Topliss-reactive ketones (excluding diaryl/α,β-unsaturated/α-hetero) is 1. The topological polar surface area (TPSA) is 72.2 Å². The van der Waals surface area contributed by atoms with Gasteiger partial charge in [0.05, 0.1) is 6.04 Å². The Morgan fingerprint density at radius 3 is 2.44 bits per heavy atom. The molecule has 0 radical (unpaired) electrons. The highest BCUT2D eigenvalue weighted by Gasteiger charge is 2.22. The molecule has 0 bridgehead atoms. The first-order valence-corrected chi connectivity index (χ1v) is 5.16. The predicted molar refractivity (Wildman–Crippen MR) is 58.0 cm³/mol. The van der Waals surface area contributed by atoms with Crippen LogP contribution in [0.2, 0.25) is 0 Å². The summed E-state index contributed by atoms with van der Waals surface area (Å²) >= 11 is 0. The Kier molecular flexibility index (Phi) is 3.82. The average molecular weight is 224 g/mol. The van der Waals surface area contributed by atoms with E-state index >= 15 is 0 Å². The van der Waals surface area contributed by atoms with Crippen molar-refractivity contribution >= 4 is 11.7 Å². The Bertz CT molecular complexity index is 396. The lowest BCUT2D eigenvalue weighted by Gasteiger charge is -2.18. The molecule has 5 nitrogen and oxygen atoms in total. The lowest BCUT2D eigenvalue weighted by Crippen LogP contribution is -2.43. The number of aryl methyl sites for hydroxylation is 1. The van der Waals surface area contributed by atoms with Gasteiger partial charge in [-0.3, -0.25) is 9.59 Å². The van der Waals surface area contributed by atoms with Gasteiger partial charge in [0.15, 0.2) is 11.5 Å². The average Bonchev–Trinajstić information content (AvgIpc) is 2.59. The van der Waals surface area contributed by atoms with E-state index in [-0.39, 0.29) is 23.3 Å². The Labute approximate surface area is 94.2 Å². The quantitative estimate of drug-likeness (QED) is 0.837. The van der Waals surface area contributed by atoms with Gasteiger partial charge in [-0.05, 0) is 19.8 Å². The number of ketones is 1. The molecule has 1 atom stereocenters. The number of nitrogens with zero attached hydrogens (tertiary/aromatic N) is 1. The summed E-state index contributed by atoms with van der Waals surface area (Å²) in [7, 11) is 0. The van der Waals surface area contributed by atoms with Crippen LogP contribution in [0.4, 0.5) is 0 Å². The van der Waals surface area contributed by atoms with Crippen molar-refractivity contribution in [1.29, 1.82) is 0 Å². The van der Waals surface area contributed by atoms with Crippen LogP contribution in [0, 0.1) is 12.8 Å². The largest absolute Gasteiger partial charge is 0.361 e. The van der Waals surface area contributed by atoms with E-state index in [2.05, 4.69) is 10.5 Å². The fraction of sp³-hybridized carbons (Fsp3) is 0.545. The fourth-order valence-corrected chi connectivity index (χ4v) is 1.43. The Hall–Kier alpha value is -1.65. The second-order valence-corrected chi connectivity index (χ2v) is 4.13. The number of carbonyl (C=O) groups excluding carboxylic acids is 2. The van der Waals surface area contributed by atoms with Gasteiger partial charge in [0, 0.05) is 6.07 Å². The van der Waals surface area contributed by atoms with Crippen LogP contribution in [-0.2, 0) is 4.79 Å². The molecule has 1 rings (SSSR count). The molecule has 1 aromatic heterocycles. The number of aromatic nitrogens is 1. The third-order valence-corrected chi connectivity index (χ3v) is 2.25. The first-order chi connectivity index (χ1) is 7.41. The lowest BCUT2D eigenvalue weighted by atomic mass is 10.0. The van der Waals surface area contributed by atoms with Gasteiger partial charge >= 0.3 is 0 Å². The molecular formula is C11H16N2O3. The van der Waals surface area contributed by atoms with E-state index in [1.807, 2.05) is 13.8 Å². The molecule has 1 amide bonds. The van der Waals surface area contributed by atoms with Crippen molar-refractivity contribution in [2.45, 2.75) is 33.7 Å². The summed E-state index contributed by atoms with van der Waals surface area (Å²) in [4.78, 5) is 23.0. The molecule has 16 heavy (non-hydrogen) atoms. The van der Waals surface area contributed by atoms with E-state index in [1.54, 1.807) is 6.92 Å². The van der Waals surface area contributed by atoms with Crippen LogP contribution in [0.15, 0.2) is 10.6 Å². The summed E-state index contributed by atoms with van der Waals surface area (Å²) in [5, 5.41) is 6.22. The first kappa shape index (κ1) is 12.4. The van der Waals surface area contributed by atoms with Crippen molar-refractivity contribution in [2.24, 2.45) is 5.92 Å². The van der Waals surface area contributed by atoms with E-state index in [0.717, 1.165) is 0 Å². The predicted octanol–water partition coefficient (Wildman–Crippen LogP) is 1.33. The second kappa shape index (κ2) is 4.92. The normalized spacial score (nSPS) is 12.6. The molecule has 1 heterocycles. The minimum Gasteiger partial charge on any atom is -0.361 e. The minimum atomic E-state index is -0.482. The number of rotatable bonds is 4. The van der Waals surface area contributed by atoms with Crippen LogP contribution in [0.3, 0.4) is 0 Å².